The van der Waals surface area contributed by atoms with Crippen LogP contribution in [0.3, 0.4) is 0 Å². The third kappa shape index (κ3) is 2.57. The van der Waals surface area contributed by atoms with Crippen LogP contribution in [0.4, 0.5) is 0 Å². The van der Waals surface area contributed by atoms with Crippen LogP contribution < -0.4 is 0 Å². The summed E-state index contributed by atoms with van der Waals surface area (Å²) in [5.74, 6) is 0. The summed E-state index contributed by atoms with van der Waals surface area (Å²) >= 11 is 12.1. The molecule has 0 spiro atoms. The average Bonchev–Trinajstić information content (AvgIpc) is 2.76. The number of carbonyl (C=O) groups is 1. The van der Waals surface area contributed by atoms with Crippen molar-refractivity contribution in [3.05, 3.63) is 40.0 Å². The summed E-state index contributed by atoms with van der Waals surface area (Å²) in [4.78, 5) is 11.1. The largest absolute Gasteiger partial charge is 0.298 e. The van der Waals surface area contributed by atoms with Gasteiger partial charge >= 0.3 is 0 Å². The van der Waals surface area contributed by atoms with E-state index >= 15 is 0 Å². The molecule has 5 heteroatoms. The number of hydrogen-bond acceptors (Lipinski definition) is 2. The third-order valence-corrected chi connectivity index (χ3v) is 3.12. The van der Waals surface area contributed by atoms with Gasteiger partial charge in [-0.3, -0.25) is 9.48 Å². The molecule has 0 unspecified atom stereocenters. The lowest BCUT2D eigenvalue weighted by molar-refractivity contribution is 0.112. The molecule has 3 nitrogen and oxygen atoms in total. The zero-order chi connectivity index (χ0) is 13.1. The van der Waals surface area contributed by atoms with Crippen molar-refractivity contribution in [1.29, 1.82) is 0 Å². The smallest absolute Gasteiger partial charge is 0.153 e. The van der Waals surface area contributed by atoms with Crippen molar-refractivity contribution in [2.24, 2.45) is 0 Å². The van der Waals surface area contributed by atoms with Crippen LogP contribution >= 0.6 is 23.2 Å². The molecule has 0 aliphatic carbocycles. The number of aldehydes is 1. The molecule has 0 aliphatic rings. The SMILES string of the molecule is CCCn1cc(C=O)c(-c2cc(Cl)ccc2Cl)n1. The van der Waals surface area contributed by atoms with Crippen molar-refractivity contribution < 1.29 is 4.79 Å². The molecule has 0 bridgehead atoms. The van der Waals surface area contributed by atoms with Crippen molar-refractivity contribution in [3.8, 4) is 11.3 Å². The van der Waals surface area contributed by atoms with Crippen LogP contribution in [0.2, 0.25) is 10.0 Å². The summed E-state index contributed by atoms with van der Waals surface area (Å²) < 4.78 is 1.75. The first kappa shape index (κ1) is 13.1. The van der Waals surface area contributed by atoms with E-state index in [4.69, 9.17) is 23.2 Å². The van der Waals surface area contributed by atoms with Gasteiger partial charge in [-0.1, -0.05) is 30.1 Å². The third-order valence-electron chi connectivity index (χ3n) is 2.55. The number of hydrogen-bond donors (Lipinski definition) is 0. The quantitative estimate of drug-likeness (QED) is 0.792. The van der Waals surface area contributed by atoms with E-state index in [9.17, 15) is 4.79 Å². The molecular formula is C13H12Cl2N2O. The number of rotatable bonds is 4. The Hall–Kier alpha value is -1.32. The molecule has 0 radical (unpaired) electrons. The summed E-state index contributed by atoms with van der Waals surface area (Å²) in [6.07, 6.45) is 3.46. The zero-order valence-electron chi connectivity index (χ0n) is 9.86. The minimum absolute atomic E-state index is 0.521. The molecule has 1 aromatic heterocycles. The maximum atomic E-state index is 11.1. The molecule has 0 fully saturated rings. The van der Waals surface area contributed by atoms with Crippen molar-refractivity contribution in [1.82, 2.24) is 9.78 Å². The van der Waals surface area contributed by atoms with E-state index in [0.717, 1.165) is 19.3 Å². The second-order valence-corrected chi connectivity index (χ2v) is 4.78. The molecule has 0 N–H and O–H groups in total. The number of nitrogens with zero attached hydrogens (tertiary/aromatic N) is 2. The lowest BCUT2D eigenvalue weighted by Gasteiger charge is -2.02. The Morgan fingerprint density at radius 3 is 2.83 bits per heavy atom. The van der Waals surface area contributed by atoms with E-state index in [1.54, 1.807) is 29.1 Å². The zero-order valence-corrected chi connectivity index (χ0v) is 11.4. The van der Waals surface area contributed by atoms with E-state index < -0.39 is 0 Å². The van der Waals surface area contributed by atoms with E-state index in [2.05, 4.69) is 5.10 Å². The Labute approximate surface area is 115 Å². The fourth-order valence-corrected chi connectivity index (χ4v) is 2.13. The van der Waals surface area contributed by atoms with E-state index in [-0.39, 0.29) is 0 Å². The van der Waals surface area contributed by atoms with Crippen molar-refractivity contribution in [3.63, 3.8) is 0 Å². The standard InChI is InChI=1S/C13H12Cl2N2O/c1-2-5-17-7-9(8-18)13(16-17)11-6-10(14)3-4-12(11)15/h3-4,6-8H,2,5H2,1H3. The lowest BCUT2D eigenvalue weighted by Crippen LogP contribution is -1.96. The minimum Gasteiger partial charge on any atom is -0.298 e. The number of halogens is 2. The van der Waals surface area contributed by atoms with Gasteiger partial charge in [-0.25, -0.2) is 0 Å². The summed E-state index contributed by atoms with van der Waals surface area (Å²) in [5.41, 5.74) is 1.78. The summed E-state index contributed by atoms with van der Waals surface area (Å²) in [5, 5.41) is 5.48. The Balaban J connectivity index is 2.54. The number of benzene rings is 1. The van der Waals surface area contributed by atoms with Gasteiger partial charge in [0.15, 0.2) is 6.29 Å². The van der Waals surface area contributed by atoms with Gasteiger partial charge in [0, 0.05) is 23.3 Å². The number of aryl methyl sites for hydroxylation is 1. The van der Waals surface area contributed by atoms with Gasteiger partial charge in [-0.05, 0) is 24.6 Å². The Kier molecular flexibility index (Phi) is 4.04. The maximum Gasteiger partial charge on any atom is 0.153 e. The van der Waals surface area contributed by atoms with Gasteiger partial charge in [0.05, 0.1) is 10.6 Å². The Bertz CT molecular complexity index is 578. The first-order valence-corrected chi connectivity index (χ1v) is 6.39. The first-order chi connectivity index (χ1) is 8.65. The molecule has 0 amide bonds. The van der Waals surface area contributed by atoms with Crippen LogP contribution in [0.25, 0.3) is 11.3 Å². The lowest BCUT2D eigenvalue weighted by atomic mass is 10.1. The van der Waals surface area contributed by atoms with Gasteiger partial charge in [-0.15, -0.1) is 0 Å². The highest BCUT2D eigenvalue weighted by Crippen LogP contribution is 2.31. The van der Waals surface area contributed by atoms with Gasteiger partial charge in [0.1, 0.15) is 5.69 Å². The van der Waals surface area contributed by atoms with E-state index in [1.807, 2.05) is 6.92 Å². The van der Waals surface area contributed by atoms with Crippen molar-refractivity contribution >= 4 is 29.5 Å². The van der Waals surface area contributed by atoms with Crippen LogP contribution in [0.15, 0.2) is 24.4 Å². The van der Waals surface area contributed by atoms with Gasteiger partial charge < -0.3 is 0 Å². The molecule has 2 aromatic rings. The second-order valence-electron chi connectivity index (χ2n) is 3.94. The van der Waals surface area contributed by atoms with E-state index in [0.29, 0.717) is 26.9 Å². The molecular weight excluding hydrogens is 271 g/mol. The second kappa shape index (κ2) is 5.55. The number of aromatic nitrogens is 2. The Morgan fingerprint density at radius 2 is 2.17 bits per heavy atom. The fraction of sp³-hybridized carbons (Fsp3) is 0.231. The minimum atomic E-state index is 0.521. The van der Waals surface area contributed by atoms with Crippen LogP contribution in [0.5, 0.6) is 0 Å². The first-order valence-electron chi connectivity index (χ1n) is 5.63. The van der Waals surface area contributed by atoms with Crippen LogP contribution in [0.1, 0.15) is 23.7 Å². The molecule has 0 saturated carbocycles. The Morgan fingerprint density at radius 1 is 1.39 bits per heavy atom. The molecule has 18 heavy (non-hydrogen) atoms. The predicted octanol–water partition coefficient (Wildman–Crippen LogP) is 4.08. The molecule has 0 aliphatic heterocycles. The highest BCUT2D eigenvalue weighted by molar-refractivity contribution is 6.35. The number of carbonyl (C=O) groups excluding carboxylic acids is 1. The van der Waals surface area contributed by atoms with Crippen LogP contribution in [0, 0.1) is 0 Å². The summed E-state index contributed by atoms with van der Waals surface area (Å²) in [7, 11) is 0. The van der Waals surface area contributed by atoms with Gasteiger partial charge in [-0.2, -0.15) is 5.10 Å². The molecule has 0 atom stereocenters. The molecule has 94 valence electrons. The fourth-order valence-electron chi connectivity index (χ4n) is 1.75. The van der Waals surface area contributed by atoms with E-state index in [1.165, 1.54) is 0 Å². The summed E-state index contributed by atoms with van der Waals surface area (Å²) in [6.45, 7) is 2.81. The normalized spacial score (nSPS) is 10.6. The molecule has 0 saturated heterocycles. The molecule has 1 aromatic carbocycles. The van der Waals surface area contributed by atoms with Crippen molar-refractivity contribution in [2.75, 3.05) is 0 Å². The highest BCUT2D eigenvalue weighted by Gasteiger charge is 2.13. The molecule has 2 rings (SSSR count). The van der Waals surface area contributed by atoms with Crippen LogP contribution in [-0.2, 0) is 6.54 Å². The summed E-state index contributed by atoms with van der Waals surface area (Å²) in [6, 6.07) is 5.12. The maximum absolute atomic E-state index is 11.1. The van der Waals surface area contributed by atoms with Crippen molar-refractivity contribution in [2.45, 2.75) is 19.9 Å². The van der Waals surface area contributed by atoms with Gasteiger partial charge in [0.25, 0.3) is 0 Å². The topological polar surface area (TPSA) is 34.9 Å². The highest BCUT2D eigenvalue weighted by atomic mass is 35.5. The monoisotopic (exact) mass is 282 g/mol. The average molecular weight is 283 g/mol. The van der Waals surface area contributed by atoms with Crippen LogP contribution in [-0.4, -0.2) is 16.1 Å². The van der Waals surface area contributed by atoms with Gasteiger partial charge in [0.2, 0.25) is 0 Å². The molecule has 1 heterocycles. The predicted molar refractivity (Wildman–Crippen MR) is 73.4 cm³/mol.